The van der Waals surface area contributed by atoms with E-state index < -0.39 is 5.91 Å². The molecule has 8 nitrogen and oxygen atoms in total. The minimum atomic E-state index is -0.679. The van der Waals surface area contributed by atoms with E-state index >= 15 is 0 Å². The highest BCUT2D eigenvalue weighted by Gasteiger charge is 2.41. The molecule has 2 aliphatic heterocycles. The molecular weight excluding hydrogens is 334 g/mol. The molecule has 0 saturated carbocycles. The smallest absolute Gasteiger partial charge is 0.290 e. The van der Waals surface area contributed by atoms with Crippen LogP contribution in [0.4, 0.5) is 0 Å². The van der Waals surface area contributed by atoms with Crippen LogP contribution < -0.4 is 5.73 Å². The van der Waals surface area contributed by atoms with Gasteiger partial charge < -0.3 is 15.2 Å². The van der Waals surface area contributed by atoms with Gasteiger partial charge in [0.25, 0.3) is 11.7 Å². The highest BCUT2D eigenvalue weighted by Crippen LogP contribution is 2.39. The van der Waals surface area contributed by atoms with Crippen molar-refractivity contribution in [2.24, 2.45) is 17.1 Å². The molecule has 1 unspecified atom stereocenters. The molecule has 2 N–H and O–H groups in total. The lowest BCUT2D eigenvalue weighted by atomic mass is 9.73. The number of likely N-dealkylation sites (tertiary alicyclic amines) is 2. The van der Waals surface area contributed by atoms with Crippen molar-refractivity contribution in [3.63, 3.8) is 0 Å². The number of carbonyl (C=O) groups is 2. The normalized spacial score (nSPS) is 24.6. The molecule has 2 amide bonds. The van der Waals surface area contributed by atoms with Crippen molar-refractivity contribution in [1.82, 2.24) is 19.9 Å². The second-order valence-corrected chi connectivity index (χ2v) is 8.19. The van der Waals surface area contributed by atoms with Crippen molar-refractivity contribution in [3.05, 3.63) is 11.7 Å². The SMILES string of the molecule is CC(C)CCN1CC2(CCCN(Cc3nc(C(N)=O)no3)C2)CCC1=O. The Labute approximate surface area is 154 Å². The molecule has 2 saturated heterocycles. The first-order valence-corrected chi connectivity index (χ1v) is 9.49. The Morgan fingerprint density at radius 2 is 2.15 bits per heavy atom. The number of hydrogen-bond acceptors (Lipinski definition) is 6. The first-order valence-electron chi connectivity index (χ1n) is 9.49. The zero-order valence-corrected chi connectivity index (χ0v) is 15.7. The summed E-state index contributed by atoms with van der Waals surface area (Å²) in [7, 11) is 0. The van der Waals surface area contributed by atoms with Gasteiger partial charge in [0, 0.05) is 31.5 Å². The standard InChI is InChI=1S/C18H29N5O3/c1-13(2)5-9-23-12-18(7-4-15(23)24)6-3-8-22(11-18)10-14-20-17(16(19)25)21-26-14/h13H,3-12H2,1-2H3,(H2,19,25). The predicted octanol–water partition coefficient (Wildman–Crippen LogP) is 1.42. The largest absolute Gasteiger partial charge is 0.363 e. The van der Waals surface area contributed by atoms with Gasteiger partial charge in [0.15, 0.2) is 0 Å². The van der Waals surface area contributed by atoms with Gasteiger partial charge in [-0.3, -0.25) is 14.5 Å². The maximum atomic E-state index is 12.3. The molecular formula is C18H29N5O3. The Balaban J connectivity index is 1.62. The first-order chi connectivity index (χ1) is 12.4. The van der Waals surface area contributed by atoms with Crippen LogP contribution in [0.3, 0.4) is 0 Å². The van der Waals surface area contributed by atoms with Crippen LogP contribution in [0.1, 0.15) is 62.5 Å². The van der Waals surface area contributed by atoms with E-state index in [1.165, 1.54) is 0 Å². The maximum Gasteiger partial charge on any atom is 0.290 e. The summed E-state index contributed by atoms with van der Waals surface area (Å²) in [6, 6.07) is 0. The Morgan fingerprint density at radius 1 is 1.35 bits per heavy atom. The molecule has 1 aromatic rings. The minimum absolute atomic E-state index is 0.0742. The number of aromatic nitrogens is 2. The van der Waals surface area contributed by atoms with E-state index in [-0.39, 0.29) is 17.1 Å². The van der Waals surface area contributed by atoms with Gasteiger partial charge in [-0.25, -0.2) is 0 Å². The summed E-state index contributed by atoms with van der Waals surface area (Å²) in [6.07, 6.45) is 4.85. The van der Waals surface area contributed by atoms with E-state index in [4.69, 9.17) is 10.3 Å². The number of nitrogens with two attached hydrogens (primary N) is 1. The molecule has 1 atom stereocenters. The number of carbonyl (C=O) groups excluding carboxylic acids is 2. The molecule has 3 heterocycles. The Morgan fingerprint density at radius 3 is 2.85 bits per heavy atom. The summed E-state index contributed by atoms with van der Waals surface area (Å²) in [6.45, 7) is 8.45. The van der Waals surface area contributed by atoms with Crippen molar-refractivity contribution in [2.45, 2.75) is 52.5 Å². The molecule has 0 radical (unpaired) electrons. The average Bonchev–Trinajstić information content (AvgIpc) is 3.05. The predicted molar refractivity (Wildman–Crippen MR) is 95.0 cm³/mol. The fourth-order valence-electron chi connectivity index (χ4n) is 4.11. The maximum absolute atomic E-state index is 12.3. The molecule has 0 bridgehead atoms. The fourth-order valence-corrected chi connectivity index (χ4v) is 4.11. The van der Waals surface area contributed by atoms with Gasteiger partial charge in [-0.05, 0) is 38.1 Å². The highest BCUT2D eigenvalue weighted by atomic mass is 16.5. The van der Waals surface area contributed by atoms with E-state index in [1.54, 1.807) is 0 Å². The lowest BCUT2D eigenvalue weighted by Gasteiger charge is -2.48. The van der Waals surface area contributed by atoms with Crippen LogP contribution in [-0.4, -0.2) is 57.9 Å². The third-order valence-corrected chi connectivity index (χ3v) is 5.51. The van der Waals surface area contributed by atoms with Crippen molar-refractivity contribution >= 4 is 11.8 Å². The summed E-state index contributed by atoms with van der Waals surface area (Å²) in [5, 5.41) is 3.61. The first kappa shape index (κ1) is 18.8. The summed E-state index contributed by atoms with van der Waals surface area (Å²) in [5.41, 5.74) is 5.32. The van der Waals surface area contributed by atoms with E-state index in [2.05, 4.69) is 33.8 Å². The Bertz CT molecular complexity index is 659. The van der Waals surface area contributed by atoms with Gasteiger partial charge in [-0.15, -0.1) is 0 Å². The van der Waals surface area contributed by atoms with Crippen LogP contribution in [0.5, 0.6) is 0 Å². The molecule has 8 heteroatoms. The number of piperidine rings is 2. The van der Waals surface area contributed by atoms with E-state index in [9.17, 15) is 9.59 Å². The molecule has 144 valence electrons. The Kier molecular flexibility index (Phi) is 5.60. The summed E-state index contributed by atoms with van der Waals surface area (Å²) in [5.74, 6) is 0.549. The number of rotatable bonds is 6. The number of nitrogens with zero attached hydrogens (tertiary/aromatic N) is 4. The van der Waals surface area contributed by atoms with Crippen molar-refractivity contribution in [1.29, 1.82) is 0 Å². The topological polar surface area (TPSA) is 106 Å². The summed E-state index contributed by atoms with van der Waals surface area (Å²) < 4.78 is 5.14. The van der Waals surface area contributed by atoms with Gasteiger partial charge in [-0.1, -0.05) is 19.0 Å². The van der Waals surface area contributed by atoms with Crippen molar-refractivity contribution in [2.75, 3.05) is 26.2 Å². The van der Waals surface area contributed by atoms with E-state index in [0.717, 1.165) is 51.9 Å². The van der Waals surface area contributed by atoms with Crippen LogP contribution in [0, 0.1) is 11.3 Å². The quantitative estimate of drug-likeness (QED) is 0.819. The summed E-state index contributed by atoms with van der Waals surface area (Å²) >= 11 is 0. The molecule has 1 spiro atoms. The monoisotopic (exact) mass is 363 g/mol. The minimum Gasteiger partial charge on any atom is -0.363 e. The molecule has 1 aromatic heterocycles. The van der Waals surface area contributed by atoms with Crippen LogP contribution in [-0.2, 0) is 11.3 Å². The molecule has 0 aromatic carbocycles. The van der Waals surface area contributed by atoms with Crippen LogP contribution in [0.15, 0.2) is 4.52 Å². The molecule has 2 aliphatic rings. The van der Waals surface area contributed by atoms with Crippen LogP contribution >= 0.6 is 0 Å². The summed E-state index contributed by atoms with van der Waals surface area (Å²) in [4.78, 5) is 31.8. The number of amides is 2. The van der Waals surface area contributed by atoms with Crippen molar-refractivity contribution < 1.29 is 14.1 Å². The average molecular weight is 363 g/mol. The second-order valence-electron chi connectivity index (χ2n) is 8.19. The lowest BCUT2D eigenvalue weighted by Crippen LogP contribution is -2.54. The Hall–Kier alpha value is -1.96. The fraction of sp³-hybridized carbons (Fsp3) is 0.778. The molecule has 0 aliphatic carbocycles. The number of primary amides is 1. The van der Waals surface area contributed by atoms with Gasteiger partial charge in [0.2, 0.25) is 11.8 Å². The van der Waals surface area contributed by atoms with Gasteiger partial charge in [0.05, 0.1) is 6.54 Å². The lowest BCUT2D eigenvalue weighted by molar-refractivity contribution is -0.139. The van der Waals surface area contributed by atoms with Crippen LogP contribution in [0.25, 0.3) is 0 Å². The molecule has 2 fully saturated rings. The number of hydrogen-bond donors (Lipinski definition) is 1. The zero-order valence-electron chi connectivity index (χ0n) is 15.7. The van der Waals surface area contributed by atoms with Gasteiger partial charge in [-0.2, -0.15) is 4.98 Å². The van der Waals surface area contributed by atoms with Crippen LogP contribution in [0.2, 0.25) is 0 Å². The third kappa shape index (κ3) is 4.41. The van der Waals surface area contributed by atoms with E-state index in [1.807, 2.05) is 0 Å². The molecule has 3 rings (SSSR count). The van der Waals surface area contributed by atoms with Gasteiger partial charge in [0.1, 0.15) is 0 Å². The molecule has 26 heavy (non-hydrogen) atoms. The zero-order chi connectivity index (χ0) is 18.7. The van der Waals surface area contributed by atoms with E-state index in [0.29, 0.717) is 24.8 Å². The third-order valence-electron chi connectivity index (χ3n) is 5.51. The highest BCUT2D eigenvalue weighted by molar-refractivity contribution is 5.88. The van der Waals surface area contributed by atoms with Gasteiger partial charge >= 0.3 is 0 Å². The second kappa shape index (κ2) is 7.73. The van der Waals surface area contributed by atoms with Crippen molar-refractivity contribution in [3.8, 4) is 0 Å².